The molecule has 1 fully saturated rings. The number of carbonyl (C=O) groups excluding carboxylic acids is 1. The Hall–Kier alpha value is -1.75. The summed E-state index contributed by atoms with van der Waals surface area (Å²) in [6.07, 6.45) is 2.01. The molecule has 18 heavy (non-hydrogen) atoms. The Morgan fingerprint density at radius 2 is 2.39 bits per heavy atom. The van der Waals surface area contributed by atoms with E-state index in [0.717, 1.165) is 25.1 Å². The van der Waals surface area contributed by atoms with Crippen LogP contribution in [0.2, 0.25) is 0 Å². The summed E-state index contributed by atoms with van der Waals surface area (Å²) >= 11 is 0. The smallest absolute Gasteiger partial charge is 0.337 e. The summed E-state index contributed by atoms with van der Waals surface area (Å²) in [6.45, 7) is 1.01. The molecule has 2 rings (SSSR count). The van der Waals surface area contributed by atoms with Crippen LogP contribution in [0.25, 0.3) is 0 Å². The number of ether oxygens (including phenoxy) is 1. The Bertz CT molecular complexity index is 448. The molecule has 1 heterocycles. The Kier molecular flexibility index (Phi) is 3.72. The number of nitrogens with zero attached hydrogens (tertiary/aromatic N) is 1. The van der Waals surface area contributed by atoms with E-state index in [4.69, 9.17) is 5.73 Å². The Morgan fingerprint density at radius 1 is 1.61 bits per heavy atom. The van der Waals surface area contributed by atoms with Gasteiger partial charge in [-0.3, -0.25) is 0 Å². The normalized spacial score (nSPS) is 19.0. The largest absolute Gasteiger partial charge is 0.465 e. The number of hydrogen-bond donors (Lipinski definition) is 2. The fourth-order valence-electron chi connectivity index (χ4n) is 2.40. The van der Waals surface area contributed by atoms with Crippen molar-refractivity contribution in [1.82, 2.24) is 0 Å². The van der Waals surface area contributed by atoms with Gasteiger partial charge >= 0.3 is 5.97 Å². The summed E-state index contributed by atoms with van der Waals surface area (Å²) in [7, 11) is 1.34. The first-order valence-electron chi connectivity index (χ1n) is 6.02. The number of aliphatic hydroxyl groups is 1. The summed E-state index contributed by atoms with van der Waals surface area (Å²) in [5.41, 5.74) is 7.84. The van der Waals surface area contributed by atoms with E-state index in [1.165, 1.54) is 7.11 Å². The van der Waals surface area contributed by atoms with Crippen LogP contribution in [0, 0.1) is 0 Å². The average molecular weight is 250 g/mol. The number of benzene rings is 1. The highest BCUT2D eigenvalue weighted by Gasteiger charge is 2.25. The van der Waals surface area contributed by atoms with Gasteiger partial charge in [0.15, 0.2) is 0 Å². The van der Waals surface area contributed by atoms with Crippen LogP contribution in [0.1, 0.15) is 23.2 Å². The van der Waals surface area contributed by atoms with Crippen LogP contribution in [0.5, 0.6) is 0 Å². The molecule has 0 spiro atoms. The van der Waals surface area contributed by atoms with Crippen LogP contribution >= 0.6 is 0 Å². The van der Waals surface area contributed by atoms with Crippen molar-refractivity contribution in [2.45, 2.75) is 18.9 Å². The van der Waals surface area contributed by atoms with Gasteiger partial charge < -0.3 is 20.5 Å². The quantitative estimate of drug-likeness (QED) is 0.618. The minimum absolute atomic E-state index is 0.122. The topological polar surface area (TPSA) is 75.8 Å². The van der Waals surface area contributed by atoms with Gasteiger partial charge in [-0.15, -0.1) is 0 Å². The van der Waals surface area contributed by atoms with Crippen molar-refractivity contribution in [3.05, 3.63) is 23.8 Å². The summed E-state index contributed by atoms with van der Waals surface area (Å²) in [6, 6.07) is 5.25. The molecule has 0 amide bonds. The zero-order valence-corrected chi connectivity index (χ0v) is 10.4. The first-order valence-corrected chi connectivity index (χ1v) is 6.02. The lowest BCUT2D eigenvalue weighted by Crippen LogP contribution is -2.32. The SMILES string of the molecule is COC(=O)c1ccc(N2CCCC2CO)c(N)c1. The van der Waals surface area contributed by atoms with Crippen LogP contribution in [-0.2, 0) is 4.74 Å². The maximum atomic E-state index is 11.4. The van der Waals surface area contributed by atoms with Crippen LogP contribution in [-0.4, -0.2) is 37.4 Å². The second kappa shape index (κ2) is 5.27. The van der Waals surface area contributed by atoms with Crippen molar-refractivity contribution < 1.29 is 14.6 Å². The van der Waals surface area contributed by atoms with Gasteiger partial charge in [0, 0.05) is 6.54 Å². The van der Waals surface area contributed by atoms with E-state index in [1.807, 2.05) is 6.07 Å². The minimum atomic E-state index is -0.395. The van der Waals surface area contributed by atoms with Gasteiger partial charge in [-0.2, -0.15) is 0 Å². The van der Waals surface area contributed by atoms with Gasteiger partial charge in [0.25, 0.3) is 0 Å². The second-order valence-corrected chi connectivity index (χ2v) is 4.44. The van der Waals surface area contributed by atoms with Gasteiger partial charge in [-0.1, -0.05) is 0 Å². The molecule has 0 bridgehead atoms. The molecular formula is C13H18N2O3. The number of nitrogens with two attached hydrogens (primary N) is 1. The predicted molar refractivity (Wildman–Crippen MR) is 69.6 cm³/mol. The highest BCUT2D eigenvalue weighted by molar-refractivity contribution is 5.92. The van der Waals surface area contributed by atoms with Gasteiger partial charge in [-0.05, 0) is 31.0 Å². The summed E-state index contributed by atoms with van der Waals surface area (Å²) in [5.74, 6) is -0.395. The van der Waals surface area contributed by atoms with E-state index in [2.05, 4.69) is 9.64 Å². The zero-order chi connectivity index (χ0) is 13.1. The van der Waals surface area contributed by atoms with Crippen LogP contribution < -0.4 is 10.6 Å². The maximum absolute atomic E-state index is 11.4. The average Bonchev–Trinajstić information content (AvgIpc) is 2.85. The zero-order valence-electron chi connectivity index (χ0n) is 10.4. The standard InChI is InChI=1S/C13H18N2O3/c1-18-13(17)9-4-5-12(11(14)7-9)15-6-2-3-10(15)8-16/h4-5,7,10,16H,2-3,6,8,14H2,1H3. The summed E-state index contributed by atoms with van der Waals surface area (Å²) in [5, 5.41) is 9.31. The lowest BCUT2D eigenvalue weighted by molar-refractivity contribution is 0.0601. The van der Waals surface area contributed by atoms with E-state index < -0.39 is 5.97 Å². The molecule has 1 aliphatic heterocycles. The number of hydrogen-bond acceptors (Lipinski definition) is 5. The monoisotopic (exact) mass is 250 g/mol. The molecule has 98 valence electrons. The molecule has 1 atom stereocenters. The predicted octanol–water partition coefficient (Wildman–Crippen LogP) is 1.02. The molecular weight excluding hydrogens is 232 g/mol. The number of anilines is 2. The third kappa shape index (κ3) is 2.26. The van der Waals surface area contributed by atoms with Crippen LogP contribution in [0.15, 0.2) is 18.2 Å². The third-order valence-corrected chi connectivity index (χ3v) is 3.35. The number of esters is 1. The van der Waals surface area contributed by atoms with Crippen molar-refractivity contribution in [2.75, 3.05) is 30.9 Å². The molecule has 0 aromatic heterocycles. The van der Waals surface area contributed by atoms with E-state index in [0.29, 0.717) is 11.3 Å². The van der Waals surface area contributed by atoms with Gasteiger partial charge in [0.1, 0.15) is 0 Å². The fourth-order valence-corrected chi connectivity index (χ4v) is 2.40. The number of carbonyl (C=O) groups is 1. The van der Waals surface area contributed by atoms with Crippen LogP contribution in [0.4, 0.5) is 11.4 Å². The van der Waals surface area contributed by atoms with Crippen molar-refractivity contribution >= 4 is 17.3 Å². The molecule has 1 aromatic carbocycles. The van der Waals surface area contributed by atoms with Crippen molar-refractivity contribution in [2.24, 2.45) is 0 Å². The lowest BCUT2D eigenvalue weighted by atomic mass is 10.1. The molecule has 1 aliphatic rings. The molecule has 0 saturated carbocycles. The summed E-state index contributed by atoms with van der Waals surface area (Å²) in [4.78, 5) is 13.5. The lowest BCUT2D eigenvalue weighted by Gasteiger charge is -2.26. The molecule has 0 aliphatic carbocycles. The maximum Gasteiger partial charge on any atom is 0.337 e. The van der Waals surface area contributed by atoms with Crippen molar-refractivity contribution in [1.29, 1.82) is 0 Å². The molecule has 1 unspecified atom stereocenters. The van der Waals surface area contributed by atoms with Crippen molar-refractivity contribution in [3.63, 3.8) is 0 Å². The highest BCUT2D eigenvalue weighted by Crippen LogP contribution is 2.31. The number of aliphatic hydroxyl groups excluding tert-OH is 1. The number of nitrogen functional groups attached to an aromatic ring is 1. The first-order chi connectivity index (χ1) is 8.67. The summed E-state index contributed by atoms with van der Waals surface area (Å²) < 4.78 is 4.65. The number of methoxy groups -OCH3 is 1. The molecule has 1 saturated heterocycles. The first kappa shape index (κ1) is 12.7. The fraction of sp³-hybridized carbons (Fsp3) is 0.462. The van der Waals surface area contributed by atoms with E-state index in [1.54, 1.807) is 12.1 Å². The van der Waals surface area contributed by atoms with E-state index in [-0.39, 0.29) is 12.6 Å². The molecule has 3 N–H and O–H groups in total. The van der Waals surface area contributed by atoms with Gasteiger partial charge in [0.2, 0.25) is 0 Å². The van der Waals surface area contributed by atoms with E-state index in [9.17, 15) is 9.90 Å². The number of rotatable bonds is 3. The second-order valence-electron chi connectivity index (χ2n) is 4.44. The third-order valence-electron chi connectivity index (χ3n) is 3.35. The minimum Gasteiger partial charge on any atom is -0.465 e. The molecule has 5 nitrogen and oxygen atoms in total. The van der Waals surface area contributed by atoms with Crippen molar-refractivity contribution in [3.8, 4) is 0 Å². The molecule has 1 aromatic rings. The Morgan fingerprint density at radius 3 is 3.00 bits per heavy atom. The Labute approximate surface area is 106 Å². The highest BCUT2D eigenvalue weighted by atomic mass is 16.5. The Balaban J connectivity index is 2.27. The van der Waals surface area contributed by atoms with Crippen LogP contribution in [0.3, 0.4) is 0 Å². The van der Waals surface area contributed by atoms with Gasteiger partial charge in [-0.25, -0.2) is 4.79 Å². The molecule has 0 radical (unpaired) electrons. The molecule has 5 heteroatoms. The van der Waals surface area contributed by atoms with Gasteiger partial charge in [0.05, 0.1) is 36.7 Å². The van der Waals surface area contributed by atoms with E-state index >= 15 is 0 Å².